The smallest absolute Gasteiger partial charge is 0.328 e. The van der Waals surface area contributed by atoms with Gasteiger partial charge in [0.15, 0.2) is 0 Å². The van der Waals surface area contributed by atoms with E-state index < -0.39 is 11.9 Å². The first-order chi connectivity index (χ1) is 14.8. The number of hydrogen-bond acceptors (Lipinski definition) is 5. The molecule has 0 saturated carbocycles. The van der Waals surface area contributed by atoms with Crippen molar-refractivity contribution in [3.63, 3.8) is 0 Å². The van der Waals surface area contributed by atoms with Crippen LogP contribution in [0, 0.1) is 6.92 Å². The van der Waals surface area contributed by atoms with Crippen molar-refractivity contribution in [2.75, 3.05) is 41.8 Å². The van der Waals surface area contributed by atoms with Gasteiger partial charge in [-0.3, -0.25) is 9.59 Å². The zero-order valence-corrected chi connectivity index (χ0v) is 17.6. The molecule has 1 aliphatic heterocycles. The summed E-state index contributed by atoms with van der Waals surface area (Å²) in [6, 6.07) is 10.2. The maximum atomic E-state index is 13.1. The van der Waals surface area contributed by atoms with Crippen LogP contribution in [-0.4, -0.2) is 49.2 Å². The van der Waals surface area contributed by atoms with Gasteiger partial charge < -0.3 is 25.4 Å². The minimum atomic E-state index is -1.23. The summed E-state index contributed by atoms with van der Waals surface area (Å²) in [6.07, 6.45) is 1.65. The van der Waals surface area contributed by atoms with Crippen molar-refractivity contribution in [3.8, 4) is 0 Å². The Hall–Kier alpha value is -3.36. The normalized spacial score (nSPS) is 13.8. The van der Waals surface area contributed by atoms with Gasteiger partial charge in [0.1, 0.15) is 0 Å². The second-order valence-electron chi connectivity index (χ2n) is 6.91. The number of carbonyl (C=O) groups is 3. The molecule has 31 heavy (non-hydrogen) atoms. The first-order valence-electron chi connectivity index (χ1n) is 9.60. The minimum absolute atomic E-state index is 0.360. The Morgan fingerprint density at radius 3 is 2.39 bits per heavy atom. The van der Waals surface area contributed by atoms with E-state index in [0.29, 0.717) is 54.0 Å². The molecule has 0 bridgehead atoms. The molecule has 2 aromatic carbocycles. The molecule has 3 rings (SSSR count). The van der Waals surface area contributed by atoms with Gasteiger partial charge in [-0.05, 0) is 42.8 Å². The van der Waals surface area contributed by atoms with Crippen molar-refractivity contribution in [3.05, 3.63) is 64.7 Å². The quantitative estimate of drug-likeness (QED) is 0.591. The summed E-state index contributed by atoms with van der Waals surface area (Å²) in [4.78, 5) is 37.7. The third-order valence-electron chi connectivity index (χ3n) is 4.67. The number of aliphatic carboxylic acids is 1. The zero-order valence-electron chi connectivity index (χ0n) is 16.9. The SMILES string of the molecule is Cc1ccc(NC(=O)c2cc(NC(=O)/C=C\C(=O)O)ccc2N2CCOCC2)cc1Cl. The lowest BCUT2D eigenvalue weighted by Crippen LogP contribution is -2.37. The van der Waals surface area contributed by atoms with Gasteiger partial charge >= 0.3 is 5.97 Å². The fourth-order valence-corrected chi connectivity index (χ4v) is 3.26. The van der Waals surface area contributed by atoms with Gasteiger partial charge in [0, 0.05) is 47.3 Å². The van der Waals surface area contributed by atoms with Crippen LogP contribution < -0.4 is 15.5 Å². The Kier molecular flexibility index (Phi) is 7.28. The predicted molar refractivity (Wildman–Crippen MR) is 119 cm³/mol. The van der Waals surface area contributed by atoms with E-state index in [1.807, 2.05) is 17.9 Å². The molecule has 0 radical (unpaired) electrons. The number of carboxylic acids is 1. The van der Waals surface area contributed by atoms with Gasteiger partial charge in [-0.15, -0.1) is 0 Å². The summed E-state index contributed by atoms with van der Waals surface area (Å²) in [7, 11) is 0. The van der Waals surface area contributed by atoms with E-state index in [2.05, 4.69) is 10.6 Å². The topological polar surface area (TPSA) is 108 Å². The Morgan fingerprint density at radius 1 is 1.03 bits per heavy atom. The lowest BCUT2D eigenvalue weighted by Gasteiger charge is -2.30. The summed E-state index contributed by atoms with van der Waals surface area (Å²) >= 11 is 6.16. The van der Waals surface area contributed by atoms with Gasteiger partial charge in [-0.1, -0.05) is 17.7 Å². The summed E-state index contributed by atoms with van der Waals surface area (Å²) in [6.45, 7) is 4.23. The maximum absolute atomic E-state index is 13.1. The van der Waals surface area contributed by atoms with E-state index in [9.17, 15) is 14.4 Å². The lowest BCUT2D eigenvalue weighted by atomic mass is 10.1. The van der Waals surface area contributed by atoms with Gasteiger partial charge in [0.25, 0.3) is 5.91 Å². The number of amides is 2. The lowest BCUT2D eigenvalue weighted by molar-refractivity contribution is -0.131. The molecule has 2 aromatic rings. The molecule has 2 amide bonds. The number of anilines is 3. The van der Waals surface area contributed by atoms with E-state index in [1.165, 1.54) is 0 Å². The van der Waals surface area contributed by atoms with Crippen LogP contribution in [-0.2, 0) is 14.3 Å². The van der Waals surface area contributed by atoms with Crippen molar-refractivity contribution >= 4 is 46.4 Å². The largest absolute Gasteiger partial charge is 0.478 e. The van der Waals surface area contributed by atoms with Crippen molar-refractivity contribution in [1.82, 2.24) is 0 Å². The number of carbonyl (C=O) groups excluding carboxylic acids is 2. The van der Waals surface area contributed by atoms with E-state index >= 15 is 0 Å². The van der Waals surface area contributed by atoms with Crippen LogP contribution in [0.2, 0.25) is 5.02 Å². The molecule has 1 fully saturated rings. The third-order valence-corrected chi connectivity index (χ3v) is 5.07. The molecule has 0 spiro atoms. The molecular formula is C22H22ClN3O5. The molecule has 0 unspecified atom stereocenters. The first kappa shape index (κ1) is 22.3. The number of halogens is 1. The fraction of sp³-hybridized carbons (Fsp3) is 0.227. The highest BCUT2D eigenvalue weighted by molar-refractivity contribution is 6.31. The molecule has 1 heterocycles. The number of nitrogens with one attached hydrogen (secondary N) is 2. The number of aryl methyl sites for hydroxylation is 1. The van der Waals surface area contributed by atoms with Gasteiger partial charge in [0.05, 0.1) is 18.8 Å². The number of carboxylic acid groups (broad SMARTS) is 1. The second-order valence-corrected chi connectivity index (χ2v) is 7.32. The van der Waals surface area contributed by atoms with Crippen LogP contribution in [0.4, 0.5) is 17.1 Å². The van der Waals surface area contributed by atoms with Gasteiger partial charge in [-0.2, -0.15) is 0 Å². The molecule has 8 nitrogen and oxygen atoms in total. The molecule has 1 saturated heterocycles. The number of ether oxygens (including phenoxy) is 1. The van der Waals surface area contributed by atoms with Crippen molar-refractivity contribution in [2.45, 2.75) is 6.92 Å². The number of benzene rings is 2. The number of rotatable bonds is 6. The van der Waals surface area contributed by atoms with E-state index in [-0.39, 0.29) is 5.91 Å². The Labute approximate surface area is 184 Å². The Morgan fingerprint density at radius 2 is 1.71 bits per heavy atom. The highest BCUT2D eigenvalue weighted by Gasteiger charge is 2.20. The van der Waals surface area contributed by atoms with Crippen LogP contribution in [0.5, 0.6) is 0 Å². The zero-order chi connectivity index (χ0) is 22.4. The molecule has 9 heteroatoms. The maximum Gasteiger partial charge on any atom is 0.328 e. The highest BCUT2D eigenvalue weighted by atomic mass is 35.5. The summed E-state index contributed by atoms with van der Waals surface area (Å²) in [5.41, 5.74) is 2.88. The molecule has 162 valence electrons. The number of morpholine rings is 1. The van der Waals surface area contributed by atoms with Crippen LogP contribution in [0.1, 0.15) is 15.9 Å². The van der Waals surface area contributed by atoms with Crippen molar-refractivity contribution in [2.24, 2.45) is 0 Å². The molecule has 0 aromatic heterocycles. The average molecular weight is 444 g/mol. The summed E-state index contributed by atoms with van der Waals surface area (Å²) in [5, 5.41) is 14.6. The monoisotopic (exact) mass is 443 g/mol. The molecular weight excluding hydrogens is 422 g/mol. The first-order valence-corrected chi connectivity index (χ1v) is 9.97. The van der Waals surface area contributed by atoms with Crippen LogP contribution in [0.25, 0.3) is 0 Å². The Bertz CT molecular complexity index is 1030. The molecule has 3 N–H and O–H groups in total. The molecule has 0 atom stereocenters. The highest BCUT2D eigenvalue weighted by Crippen LogP contribution is 2.27. The standard InChI is InChI=1S/C22H22ClN3O5/c1-14-2-3-16(13-18(14)23)25-22(30)17-12-15(24-20(27)6-7-21(28)29)4-5-19(17)26-8-10-31-11-9-26/h2-7,12-13H,8-11H2,1H3,(H,24,27)(H,25,30)(H,28,29)/b7-6-. The predicted octanol–water partition coefficient (Wildman–Crippen LogP) is 3.32. The molecule has 0 aliphatic carbocycles. The van der Waals surface area contributed by atoms with E-state index in [0.717, 1.165) is 17.7 Å². The number of nitrogens with zero attached hydrogens (tertiary/aromatic N) is 1. The van der Waals surface area contributed by atoms with Crippen molar-refractivity contribution in [1.29, 1.82) is 0 Å². The van der Waals surface area contributed by atoms with Crippen molar-refractivity contribution < 1.29 is 24.2 Å². The van der Waals surface area contributed by atoms with E-state index in [1.54, 1.807) is 30.3 Å². The minimum Gasteiger partial charge on any atom is -0.478 e. The van der Waals surface area contributed by atoms with E-state index in [4.69, 9.17) is 21.4 Å². The van der Waals surface area contributed by atoms with Crippen LogP contribution in [0.15, 0.2) is 48.6 Å². The molecule has 1 aliphatic rings. The van der Waals surface area contributed by atoms with Crippen LogP contribution in [0.3, 0.4) is 0 Å². The van der Waals surface area contributed by atoms with Gasteiger partial charge in [-0.25, -0.2) is 4.79 Å². The summed E-state index contributed by atoms with van der Waals surface area (Å²) in [5.74, 6) is -2.20. The summed E-state index contributed by atoms with van der Waals surface area (Å²) < 4.78 is 5.39. The second kappa shape index (κ2) is 10.1. The number of hydrogen-bond donors (Lipinski definition) is 3. The van der Waals surface area contributed by atoms with Gasteiger partial charge in [0.2, 0.25) is 5.91 Å². The van der Waals surface area contributed by atoms with Crippen LogP contribution >= 0.6 is 11.6 Å². The average Bonchev–Trinajstić information content (AvgIpc) is 2.75. The third kappa shape index (κ3) is 6.07. The fourth-order valence-electron chi connectivity index (χ4n) is 3.08. The Balaban J connectivity index is 1.89.